The van der Waals surface area contributed by atoms with Crippen LogP contribution in [0.5, 0.6) is 0 Å². The molecule has 0 N–H and O–H groups in total. The lowest BCUT2D eigenvalue weighted by molar-refractivity contribution is -0.159. The summed E-state index contributed by atoms with van der Waals surface area (Å²) in [4.78, 5) is 65.6. The number of rotatable bonds is 7. The number of carbonyl (C=O) groups excluding carboxylic acids is 5. The average Bonchev–Trinajstić information content (AvgIpc) is 3.35. The zero-order valence-electron chi connectivity index (χ0n) is 26.4. The van der Waals surface area contributed by atoms with Gasteiger partial charge in [-0.15, -0.1) is 0 Å². The van der Waals surface area contributed by atoms with Gasteiger partial charge in [0.05, 0.1) is 36.2 Å². The molecular weight excluding hydrogens is 629 g/mol. The van der Waals surface area contributed by atoms with Gasteiger partial charge >= 0.3 is 24.2 Å². The monoisotopic (exact) mass is 669 g/mol. The van der Waals surface area contributed by atoms with Gasteiger partial charge in [0.25, 0.3) is 0 Å². The normalized spacial score (nSPS) is 20.5. The van der Waals surface area contributed by atoms with Gasteiger partial charge in [0, 0.05) is 20.0 Å². The molecule has 0 radical (unpaired) electrons. The number of anilines is 1. The smallest absolute Gasteiger partial charge is 0.419 e. The Kier molecular flexibility index (Phi) is 10.8. The number of halogens is 1. The molecule has 3 heterocycles. The van der Waals surface area contributed by atoms with Crippen molar-refractivity contribution >= 4 is 45.7 Å². The van der Waals surface area contributed by atoms with Crippen LogP contribution in [0.15, 0.2) is 18.2 Å². The van der Waals surface area contributed by atoms with Crippen LogP contribution in [0.25, 0.3) is 0 Å². The number of likely N-dealkylation sites (tertiary alicyclic amines) is 1. The molecule has 1 aromatic carbocycles. The van der Waals surface area contributed by atoms with Crippen LogP contribution in [0.1, 0.15) is 64.9 Å². The zero-order chi connectivity index (χ0) is 33.8. The Morgan fingerprint density at radius 2 is 1.70 bits per heavy atom. The Labute approximate surface area is 267 Å². The van der Waals surface area contributed by atoms with Crippen LogP contribution in [0.4, 0.5) is 24.5 Å². The Balaban J connectivity index is 1.24. The van der Waals surface area contributed by atoms with E-state index < -0.39 is 70.2 Å². The van der Waals surface area contributed by atoms with Gasteiger partial charge in [-0.05, 0) is 70.1 Å². The molecule has 3 aliphatic heterocycles. The SMILES string of the molecule is CC(=O)N(C[C@H]1CN(c2ccc(C3CCS(=O)(=O)CC3)c(F)c2)C(=O)O1)C(=O)OCOC(=O)C1CCN(C(=O)OC(C)(C)C)CC1. The van der Waals surface area contributed by atoms with Crippen molar-refractivity contribution in [3.8, 4) is 0 Å². The summed E-state index contributed by atoms with van der Waals surface area (Å²) in [5.74, 6) is -2.66. The molecule has 0 aliphatic carbocycles. The first kappa shape index (κ1) is 34.9. The third-order valence-electron chi connectivity index (χ3n) is 8.01. The number of nitrogens with zero attached hydrogens (tertiary/aromatic N) is 3. The van der Waals surface area contributed by atoms with Gasteiger partial charge < -0.3 is 23.8 Å². The summed E-state index contributed by atoms with van der Waals surface area (Å²) in [5, 5.41) is 0. The molecule has 16 heteroatoms. The van der Waals surface area contributed by atoms with E-state index in [0.717, 1.165) is 6.92 Å². The fourth-order valence-electron chi connectivity index (χ4n) is 5.54. The average molecular weight is 670 g/mol. The van der Waals surface area contributed by atoms with E-state index in [1.165, 1.54) is 28.0 Å². The predicted molar refractivity (Wildman–Crippen MR) is 160 cm³/mol. The number of esters is 1. The molecule has 0 saturated carbocycles. The van der Waals surface area contributed by atoms with Crippen LogP contribution in [0, 0.1) is 11.7 Å². The van der Waals surface area contributed by atoms with Crippen LogP contribution in [-0.4, -0.2) is 105 Å². The van der Waals surface area contributed by atoms with Crippen molar-refractivity contribution in [3.05, 3.63) is 29.6 Å². The lowest BCUT2D eigenvalue weighted by atomic mass is 9.93. The van der Waals surface area contributed by atoms with Gasteiger partial charge in [0.2, 0.25) is 12.7 Å². The second kappa shape index (κ2) is 14.2. The van der Waals surface area contributed by atoms with Gasteiger partial charge in [-0.3, -0.25) is 14.5 Å². The number of ether oxygens (including phenoxy) is 4. The molecule has 14 nitrogen and oxygen atoms in total. The number of cyclic esters (lactones) is 1. The van der Waals surface area contributed by atoms with E-state index in [0.29, 0.717) is 49.2 Å². The lowest BCUT2D eigenvalue weighted by Gasteiger charge is -2.32. The maximum Gasteiger partial charge on any atom is 0.419 e. The molecule has 46 heavy (non-hydrogen) atoms. The van der Waals surface area contributed by atoms with Gasteiger partial charge in [-0.25, -0.2) is 32.1 Å². The summed E-state index contributed by atoms with van der Waals surface area (Å²) in [6.07, 6.45) is -2.01. The standard InChI is InChI=1S/C30H40FN3O11S/c1-19(35)33(28(38)43-18-42-26(36)21-7-11-32(12-8-21)27(37)45-30(2,3)4)16-23-17-34(29(39)44-23)22-5-6-24(25(31)15-22)20-9-13-46(40,41)14-10-20/h5-6,15,20-21,23H,7-14,16-18H2,1-4H3/t23-/m0/s1. The van der Waals surface area contributed by atoms with Gasteiger partial charge in [-0.2, -0.15) is 0 Å². The van der Waals surface area contributed by atoms with Crippen molar-refractivity contribution < 1.29 is 55.7 Å². The molecule has 0 bridgehead atoms. The van der Waals surface area contributed by atoms with E-state index in [9.17, 15) is 32.4 Å². The minimum absolute atomic E-state index is 0.00669. The van der Waals surface area contributed by atoms with E-state index in [-0.39, 0.29) is 36.2 Å². The number of piperidine rings is 1. The first-order chi connectivity index (χ1) is 21.5. The maximum atomic E-state index is 15.0. The van der Waals surface area contributed by atoms with Crippen LogP contribution >= 0.6 is 0 Å². The van der Waals surface area contributed by atoms with Crippen LogP contribution in [-0.2, 0) is 38.4 Å². The molecule has 1 aromatic rings. The highest BCUT2D eigenvalue weighted by atomic mass is 32.2. The summed E-state index contributed by atoms with van der Waals surface area (Å²) in [6.45, 7) is 5.81. The van der Waals surface area contributed by atoms with Crippen LogP contribution in [0.3, 0.4) is 0 Å². The van der Waals surface area contributed by atoms with Crippen molar-refractivity contribution in [2.75, 3.05) is 49.4 Å². The molecule has 0 spiro atoms. The minimum Gasteiger partial charge on any atom is -0.444 e. The molecule has 3 aliphatic rings. The van der Waals surface area contributed by atoms with Gasteiger partial charge in [0.1, 0.15) is 27.4 Å². The zero-order valence-corrected chi connectivity index (χ0v) is 27.2. The maximum absolute atomic E-state index is 15.0. The number of carbonyl (C=O) groups is 5. The summed E-state index contributed by atoms with van der Waals surface area (Å²) in [5.41, 5.74) is -0.0565. The molecular formula is C30H40FN3O11S. The second-order valence-electron chi connectivity index (χ2n) is 12.6. The number of benzene rings is 1. The molecule has 3 saturated heterocycles. The molecule has 0 aromatic heterocycles. The lowest BCUT2D eigenvalue weighted by Crippen LogP contribution is -2.43. The molecule has 0 unspecified atom stereocenters. The van der Waals surface area contributed by atoms with E-state index in [1.54, 1.807) is 20.8 Å². The Bertz CT molecular complexity index is 1440. The summed E-state index contributed by atoms with van der Waals surface area (Å²) < 4.78 is 59.2. The fourth-order valence-corrected chi connectivity index (χ4v) is 7.03. The van der Waals surface area contributed by atoms with Crippen LogP contribution in [0.2, 0.25) is 0 Å². The molecule has 4 rings (SSSR count). The Morgan fingerprint density at radius 1 is 1.04 bits per heavy atom. The minimum atomic E-state index is -3.11. The van der Waals surface area contributed by atoms with Crippen molar-refractivity contribution in [2.45, 2.75) is 71.0 Å². The first-order valence-corrected chi connectivity index (χ1v) is 16.9. The highest BCUT2D eigenvalue weighted by molar-refractivity contribution is 7.91. The largest absolute Gasteiger partial charge is 0.444 e. The third kappa shape index (κ3) is 9.07. The number of hydrogen-bond acceptors (Lipinski definition) is 11. The second-order valence-corrected chi connectivity index (χ2v) is 14.9. The number of sulfone groups is 1. The van der Waals surface area contributed by atoms with E-state index >= 15 is 4.39 Å². The quantitative estimate of drug-likeness (QED) is 0.237. The Morgan fingerprint density at radius 3 is 2.28 bits per heavy atom. The van der Waals surface area contributed by atoms with Crippen molar-refractivity contribution in [2.24, 2.45) is 5.92 Å². The van der Waals surface area contributed by atoms with Gasteiger partial charge in [-0.1, -0.05) is 6.07 Å². The van der Waals surface area contributed by atoms with E-state index in [1.807, 2.05) is 0 Å². The Hall–Kier alpha value is -3.95. The summed E-state index contributed by atoms with van der Waals surface area (Å²) >= 11 is 0. The topological polar surface area (TPSA) is 166 Å². The van der Waals surface area contributed by atoms with Crippen molar-refractivity contribution in [3.63, 3.8) is 0 Å². The molecule has 3 fully saturated rings. The third-order valence-corrected chi connectivity index (χ3v) is 9.73. The summed E-state index contributed by atoms with van der Waals surface area (Å²) in [6, 6.07) is 4.24. The number of amides is 4. The van der Waals surface area contributed by atoms with Gasteiger partial charge in [0.15, 0.2) is 0 Å². The highest BCUT2D eigenvalue weighted by Crippen LogP contribution is 2.33. The molecule has 254 valence electrons. The fraction of sp³-hybridized carbons (Fsp3) is 0.633. The number of hydrogen-bond donors (Lipinski definition) is 0. The predicted octanol–water partition coefficient (Wildman–Crippen LogP) is 3.58. The number of imide groups is 1. The first-order valence-electron chi connectivity index (χ1n) is 15.1. The van der Waals surface area contributed by atoms with Crippen molar-refractivity contribution in [1.29, 1.82) is 0 Å². The van der Waals surface area contributed by atoms with E-state index in [2.05, 4.69) is 0 Å². The summed E-state index contributed by atoms with van der Waals surface area (Å²) in [7, 11) is -3.11. The van der Waals surface area contributed by atoms with Crippen molar-refractivity contribution in [1.82, 2.24) is 9.80 Å². The highest BCUT2D eigenvalue weighted by Gasteiger charge is 2.37. The molecule has 1 atom stereocenters. The van der Waals surface area contributed by atoms with E-state index in [4.69, 9.17) is 18.9 Å². The van der Waals surface area contributed by atoms with Crippen LogP contribution < -0.4 is 4.90 Å². The molecule has 4 amide bonds.